The van der Waals surface area contributed by atoms with Gasteiger partial charge >= 0.3 is 0 Å². The van der Waals surface area contributed by atoms with Gasteiger partial charge in [0, 0.05) is 40.4 Å². The van der Waals surface area contributed by atoms with Gasteiger partial charge in [-0.25, -0.2) is 4.98 Å². The van der Waals surface area contributed by atoms with E-state index in [2.05, 4.69) is 34.2 Å². The molecule has 0 fully saturated rings. The predicted molar refractivity (Wildman–Crippen MR) is 116 cm³/mol. The molecule has 2 aromatic carbocycles. The summed E-state index contributed by atoms with van der Waals surface area (Å²) in [4.78, 5) is 8.17. The Bertz CT molecular complexity index is 1050. The molecular weight excluding hydrogens is 405 g/mol. The van der Waals surface area contributed by atoms with E-state index in [-0.39, 0.29) is 6.10 Å². The molecule has 0 bridgehead atoms. The zero-order valence-electron chi connectivity index (χ0n) is 15.6. The molecule has 0 N–H and O–H groups in total. The molecule has 1 unspecified atom stereocenters. The first kappa shape index (κ1) is 19.6. The normalized spacial score (nSPS) is 12.1. The monoisotopic (exact) mass is 423 g/mol. The van der Waals surface area contributed by atoms with Gasteiger partial charge in [0.05, 0.1) is 19.5 Å². The zero-order chi connectivity index (χ0) is 20.1. The topological polar surface area (TPSA) is 39.9 Å². The molecule has 2 aromatic heterocycles. The number of pyridine rings is 1. The van der Waals surface area contributed by atoms with Crippen LogP contribution in [-0.4, -0.2) is 14.5 Å². The van der Waals surface area contributed by atoms with Crippen molar-refractivity contribution < 1.29 is 4.74 Å². The van der Waals surface area contributed by atoms with Crippen LogP contribution in [-0.2, 0) is 17.9 Å². The number of rotatable bonds is 7. The molecule has 146 valence electrons. The van der Waals surface area contributed by atoms with E-state index in [9.17, 15) is 0 Å². The zero-order valence-corrected chi connectivity index (χ0v) is 17.1. The molecule has 4 rings (SSSR count). The summed E-state index contributed by atoms with van der Waals surface area (Å²) >= 11 is 12.5. The molecular formula is C23H19Cl2N3O. The van der Waals surface area contributed by atoms with Crippen LogP contribution < -0.4 is 0 Å². The Morgan fingerprint density at radius 1 is 0.862 bits per heavy atom. The summed E-state index contributed by atoms with van der Waals surface area (Å²) in [5.41, 5.74) is 4.27. The third-order valence-electron chi connectivity index (χ3n) is 4.66. The fourth-order valence-corrected chi connectivity index (χ4v) is 3.65. The lowest BCUT2D eigenvalue weighted by atomic mass is 10.1. The van der Waals surface area contributed by atoms with Gasteiger partial charge in [0.25, 0.3) is 0 Å². The first-order valence-electron chi connectivity index (χ1n) is 9.20. The van der Waals surface area contributed by atoms with E-state index < -0.39 is 0 Å². The maximum Gasteiger partial charge on any atom is 0.102 e. The number of nitrogens with zero attached hydrogens (tertiary/aromatic N) is 3. The number of aromatic nitrogens is 3. The summed E-state index contributed by atoms with van der Waals surface area (Å²) in [5.74, 6) is 0. The maximum atomic E-state index is 6.44. The number of ether oxygens (including phenoxy) is 1. The molecule has 6 heteroatoms. The second kappa shape index (κ2) is 9.23. The molecule has 0 spiro atoms. The van der Waals surface area contributed by atoms with Gasteiger partial charge in [-0.1, -0.05) is 53.5 Å². The molecule has 0 radical (unpaired) electrons. The van der Waals surface area contributed by atoms with E-state index in [1.165, 1.54) is 0 Å². The van der Waals surface area contributed by atoms with Crippen molar-refractivity contribution in [2.75, 3.05) is 0 Å². The molecule has 2 heterocycles. The van der Waals surface area contributed by atoms with E-state index in [0.717, 1.165) is 22.3 Å². The third-order valence-corrected chi connectivity index (χ3v) is 5.23. The standard InChI is InChI=1S/C23H19Cl2N3O/c24-20-5-6-21(22(25)13-20)23(14-28-12-11-27-16-28)29-15-17-1-3-18(4-2-17)19-7-9-26-10-8-19/h1-13,16,23H,14-15H2. The Kier molecular flexibility index (Phi) is 6.25. The molecule has 0 amide bonds. The molecule has 29 heavy (non-hydrogen) atoms. The van der Waals surface area contributed by atoms with Crippen LogP contribution in [0, 0.1) is 0 Å². The summed E-state index contributed by atoms with van der Waals surface area (Å²) in [5, 5.41) is 1.20. The lowest BCUT2D eigenvalue weighted by Gasteiger charge is -2.20. The van der Waals surface area contributed by atoms with Crippen LogP contribution in [0.4, 0.5) is 0 Å². The lowest BCUT2D eigenvalue weighted by Crippen LogP contribution is -2.12. The van der Waals surface area contributed by atoms with Crippen LogP contribution in [0.3, 0.4) is 0 Å². The quantitative estimate of drug-likeness (QED) is 0.354. The third kappa shape index (κ3) is 5.04. The van der Waals surface area contributed by atoms with E-state index in [0.29, 0.717) is 23.2 Å². The van der Waals surface area contributed by atoms with Crippen LogP contribution in [0.15, 0.2) is 85.7 Å². The fourth-order valence-electron chi connectivity index (χ4n) is 3.12. The van der Waals surface area contributed by atoms with Crippen molar-refractivity contribution in [2.45, 2.75) is 19.3 Å². The van der Waals surface area contributed by atoms with Crippen molar-refractivity contribution in [3.8, 4) is 11.1 Å². The second-order valence-electron chi connectivity index (χ2n) is 6.66. The number of benzene rings is 2. The Hall–Kier alpha value is -2.66. The molecule has 0 saturated heterocycles. The van der Waals surface area contributed by atoms with Crippen LogP contribution in [0.25, 0.3) is 11.1 Å². The van der Waals surface area contributed by atoms with Crippen molar-refractivity contribution in [2.24, 2.45) is 0 Å². The average molecular weight is 424 g/mol. The first-order chi connectivity index (χ1) is 14.2. The fraction of sp³-hybridized carbons (Fsp3) is 0.130. The largest absolute Gasteiger partial charge is 0.367 e. The molecule has 0 saturated carbocycles. The van der Waals surface area contributed by atoms with E-state index in [1.54, 1.807) is 31.0 Å². The van der Waals surface area contributed by atoms with E-state index in [1.807, 2.05) is 35.0 Å². The van der Waals surface area contributed by atoms with E-state index in [4.69, 9.17) is 27.9 Å². The number of hydrogen-bond donors (Lipinski definition) is 0. The van der Waals surface area contributed by atoms with Crippen molar-refractivity contribution >= 4 is 23.2 Å². The highest BCUT2D eigenvalue weighted by Crippen LogP contribution is 2.30. The van der Waals surface area contributed by atoms with Crippen molar-refractivity contribution in [3.05, 3.63) is 107 Å². The predicted octanol–water partition coefficient (Wildman–Crippen LogP) is 6.21. The highest BCUT2D eigenvalue weighted by Gasteiger charge is 2.17. The van der Waals surface area contributed by atoms with Crippen LogP contribution in [0.2, 0.25) is 10.0 Å². The summed E-state index contributed by atoms with van der Waals surface area (Å²) < 4.78 is 8.24. The smallest absolute Gasteiger partial charge is 0.102 e. The highest BCUT2D eigenvalue weighted by molar-refractivity contribution is 6.35. The van der Waals surface area contributed by atoms with Crippen LogP contribution >= 0.6 is 23.2 Å². The summed E-state index contributed by atoms with van der Waals surface area (Å²) in [7, 11) is 0. The summed E-state index contributed by atoms with van der Waals surface area (Å²) in [6.45, 7) is 1.07. The minimum atomic E-state index is -0.228. The van der Waals surface area contributed by atoms with Gasteiger partial charge in [0.15, 0.2) is 0 Å². The Morgan fingerprint density at radius 2 is 1.62 bits per heavy atom. The number of hydrogen-bond acceptors (Lipinski definition) is 3. The van der Waals surface area contributed by atoms with Gasteiger partial charge in [0.1, 0.15) is 6.10 Å². The van der Waals surface area contributed by atoms with E-state index >= 15 is 0 Å². The molecule has 4 nitrogen and oxygen atoms in total. The molecule has 0 aliphatic rings. The van der Waals surface area contributed by atoms with Crippen molar-refractivity contribution in [1.82, 2.24) is 14.5 Å². The Morgan fingerprint density at radius 3 is 2.31 bits per heavy atom. The van der Waals surface area contributed by atoms with Gasteiger partial charge in [-0.15, -0.1) is 0 Å². The number of imidazole rings is 1. The maximum absolute atomic E-state index is 6.44. The Balaban J connectivity index is 1.50. The van der Waals surface area contributed by atoms with Gasteiger partial charge < -0.3 is 9.30 Å². The highest BCUT2D eigenvalue weighted by atomic mass is 35.5. The van der Waals surface area contributed by atoms with Gasteiger partial charge in [-0.05, 0) is 41.0 Å². The van der Waals surface area contributed by atoms with Gasteiger partial charge in [-0.2, -0.15) is 0 Å². The molecule has 0 aliphatic heterocycles. The lowest BCUT2D eigenvalue weighted by molar-refractivity contribution is 0.0280. The minimum Gasteiger partial charge on any atom is -0.367 e. The number of halogens is 2. The summed E-state index contributed by atoms with van der Waals surface area (Å²) in [6.07, 6.45) is 8.78. The van der Waals surface area contributed by atoms with Crippen LogP contribution in [0.5, 0.6) is 0 Å². The minimum absolute atomic E-state index is 0.228. The SMILES string of the molecule is Clc1ccc(C(Cn2ccnc2)OCc2ccc(-c3ccncc3)cc2)c(Cl)c1. The van der Waals surface area contributed by atoms with Gasteiger partial charge in [-0.3, -0.25) is 4.98 Å². The van der Waals surface area contributed by atoms with Gasteiger partial charge in [0.2, 0.25) is 0 Å². The van der Waals surface area contributed by atoms with Crippen LogP contribution in [0.1, 0.15) is 17.2 Å². The molecule has 1 atom stereocenters. The molecule has 4 aromatic rings. The van der Waals surface area contributed by atoms with Crippen molar-refractivity contribution in [3.63, 3.8) is 0 Å². The Labute approximate surface area is 179 Å². The summed E-state index contributed by atoms with van der Waals surface area (Å²) in [6, 6.07) is 17.8. The average Bonchev–Trinajstić information content (AvgIpc) is 3.26. The molecule has 0 aliphatic carbocycles. The van der Waals surface area contributed by atoms with Crippen molar-refractivity contribution in [1.29, 1.82) is 0 Å². The second-order valence-corrected chi connectivity index (χ2v) is 7.50. The first-order valence-corrected chi connectivity index (χ1v) is 9.96.